The summed E-state index contributed by atoms with van der Waals surface area (Å²) in [6.07, 6.45) is 3.33. The number of amides is 4. The molecular formula is C43H45Br3N4O8. The Morgan fingerprint density at radius 3 is 1.84 bits per heavy atom. The second-order valence-electron chi connectivity index (χ2n) is 14.5. The Morgan fingerprint density at radius 2 is 1.28 bits per heavy atom. The number of anilines is 2. The van der Waals surface area contributed by atoms with Crippen LogP contribution in [-0.2, 0) is 26.1 Å². The summed E-state index contributed by atoms with van der Waals surface area (Å²) >= 11 is 10.1. The molecular weight excluding hydrogens is 940 g/mol. The molecule has 4 amide bonds. The van der Waals surface area contributed by atoms with E-state index in [0.717, 1.165) is 82.2 Å². The van der Waals surface area contributed by atoms with E-state index in [-0.39, 0.29) is 34.7 Å². The highest BCUT2D eigenvalue weighted by Gasteiger charge is 2.50. The van der Waals surface area contributed by atoms with Gasteiger partial charge in [0.1, 0.15) is 0 Å². The van der Waals surface area contributed by atoms with E-state index in [4.69, 9.17) is 9.47 Å². The van der Waals surface area contributed by atoms with Crippen LogP contribution in [0.4, 0.5) is 21.0 Å². The lowest BCUT2D eigenvalue weighted by atomic mass is 9.88. The van der Waals surface area contributed by atoms with Crippen molar-refractivity contribution in [3.63, 3.8) is 0 Å². The van der Waals surface area contributed by atoms with Gasteiger partial charge in [-0.1, -0.05) is 72.1 Å². The van der Waals surface area contributed by atoms with Gasteiger partial charge in [-0.05, 0) is 110 Å². The van der Waals surface area contributed by atoms with Crippen molar-refractivity contribution >= 4 is 83.2 Å². The number of carboxylic acid groups (broad SMARTS) is 1. The first-order valence-electron chi connectivity index (χ1n) is 18.9. The molecule has 0 bridgehead atoms. The summed E-state index contributed by atoms with van der Waals surface area (Å²) in [7, 11) is 1.38. The molecule has 2 N–H and O–H groups in total. The fourth-order valence-corrected chi connectivity index (χ4v) is 8.38. The van der Waals surface area contributed by atoms with E-state index in [1.54, 1.807) is 30.3 Å². The standard InChI is InChI=1S/C21H21BrN2O4.C13H15BrN2O2.C9H9BrO2/c22-17-4-6-18(7-5-17)23-14-21(8-10-28-11-9-21)24(20(23)27)13-15-2-1-3-16(12-15)19(25)26;14-10-1-3-11(4-2-10)16-9-13(15-12(16)17)5-7-18-8-6-13;1-12-9(11)8-4-2-3-7(5-8)6-10/h1-7,12H,8-11,13-14H2,(H,25,26);1-4H,5-9H2,(H,15,17);2-5H,6H2,1H3. The second kappa shape index (κ2) is 19.6. The first kappa shape index (κ1) is 43.3. The van der Waals surface area contributed by atoms with Gasteiger partial charge in [-0.15, -0.1) is 0 Å². The molecule has 58 heavy (non-hydrogen) atoms. The fourth-order valence-electron chi connectivity index (χ4n) is 7.50. The molecule has 4 saturated heterocycles. The van der Waals surface area contributed by atoms with Crippen molar-refractivity contribution in [2.24, 2.45) is 0 Å². The number of aromatic carboxylic acids is 1. The van der Waals surface area contributed by atoms with Crippen LogP contribution >= 0.6 is 47.8 Å². The van der Waals surface area contributed by atoms with Crippen LogP contribution in [0.2, 0.25) is 0 Å². The number of urea groups is 2. The van der Waals surface area contributed by atoms with Crippen LogP contribution in [0.5, 0.6) is 0 Å². The maximum Gasteiger partial charge on any atom is 0.337 e. The molecule has 4 aliphatic rings. The lowest BCUT2D eigenvalue weighted by molar-refractivity contribution is 0.00610. The van der Waals surface area contributed by atoms with Crippen molar-refractivity contribution in [1.82, 2.24) is 10.2 Å². The third-order valence-electron chi connectivity index (χ3n) is 10.7. The van der Waals surface area contributed by atoms with Crippen molar-refractivity contribution < 1.29 is 38.5 Å². The average molecular weight is 986 g/mol. The molecule has 0 radical (unpaired) electrons. The zero-order valence-electron chi connectivity index (χ0n) is 32.0. The SMILES string of the molecule is COC(=O)c1cccc(CBr)c1.O=C(O)c1cccc(CN2C(=O)N(c3ccc(Br)cc3)CC23CCOCC3)c1.O=C1NC2(CCOCC2)CN1c1ccc(Br)cc1. The smallest absolute Gasteiger partial charge is 0.337 e. The predicted octanol–water partition coefficient (Wildman–Crippen LogP) is 9.03. The van der Waals surface area contributed by atoms with Gasteiger partial charge in [0.15, 0.2) is 0 Å². The summed E-state index contributed by atoms with van der Waals surface area (Å²) < 4.78 is 17.5. The van der Waals surface area contributed by atoms with Crippen molar-refractivity contribution in [3.05, 3.63) is 128 Å². The maximum absolute atomic E-state index is 13.4. The summed E-state index contributed by atoms with van der Waals surface area (Å²) in [5, 5.41) is 13.1. The van der Waals surface area contributed by atoms with Crippen molar-refractivity contribution in [1.29, 1.82) is 0 Å². The van der Waals surface area contributed by atoms with Gasteiger partial charge in [-0.25, -0.2) is 19.2 Å². The van der Waals surface area contributed by atoms with Gasteiger partial charge in [0.05, 0.1) is 42.4 Å². The van der Waals surface area contributed by atoms with Crippen molar-refractivity contribution in [3.8, 4) is 0 Å². The molecule has 4 aromatic carbocycles. The molecule has 4 heterocycles. The number of nitrogens with zero attached hydrogens (tertiary/aromatic N) is 3. The third-order valence-corrected chi connectivity index (χ3v) is 12.4. The topological polar surface area (TPSA) is 138 Å². The van der Waals surface area contributed by atoms with Crippen LogP contribution in [0, 0.1) is 0 Å². The van der Waals surface area contributed by atoms with Gasteiger partial charge in [0.25, 0.3) is 0 Å². The van der Waals surface area contributed by atoms with Gasteiger partial charge in [-0.3, -0.25) is 9.80 Å². The number of nitrogens with one attached hydrogen (secondary N) is 1. The minimum absolute atomic E-state index is 0.000720. The number of benzene rings is 4. The molecule has 306 valence electrons. The van der Waals surface area contributed by atoms with Crippen molar-refractivity contribution in [2.45, 2.75) is 48.6 Å². The van der Waals surface area contributed by atoms with Gasteiger partial charge in [0.2, 0.25) is 0 Å². The molecule has 8 rings (SSSR count). The van der Waals surface area contributed by atoms with Crippen LogP contribution in [0.3, 0.4) is 0 Å². The number of carbonyl (C=O) groups is 4. The molecule has 15 heteroatoms. The third kappa shape index (κ3) is 10.5. The van der Waals surface area contributed by atoms with Crippen LogP contribution in [0.15, 0.2) is 106 Å². The van der Waals surface area contributed by atoms with E-state index < -0.39 is 5.97 Å². The Kier molecular flexibility index (Phi) is 14.7. The zero-order chi connectivity index (χ0) is 41.3. The minimum Gasteiger partial charge on any atom is -0.478 e. The first-order valence-corrected chi connectivity index (χ1v) is 21.6. The van der Waals surface area contributed by atoms with Crippen LogP contribution in [0.1, 0.15) is 57.5 Å². The summed E-state index contributed by atoms with van der Waals surface area (Å²) in [5.41, 5.74) is 4.11. The molecule has 0 aliphatic carbocycles. The average Bonchev–Trinajstić information content (AvgIpc) is 3.70. The van der Waals surface area contributed by atoms with E-state index in [1.807, 2.05) is 81.4 Å². The zero-order valence-corrected chi connectivity index (χ0v) is 36.8. The Labute approximate surface area is 363 Å². The molecule has 4 aromatic rings. The number of carboxylic acids is 1. The predicted molar refractivity (Wildman–Crippen MR) is 232 cm³/mol. The van der Waals surface area contributed by atoms with Gasteiger partial charge in [-0.2, -0.15) is 0 Å². The lowest BCUT2D eigenvalue weighted by Crippen LogP contribution is -2.50. The molecule has 12 nitrogen and oxygen atoms in total. The summed E-state index contributed by atoms with van der Waals surface area (Å²) in [6, 6.07) is 29.6. The molecule has 0 saturated carbocycles. The Hall–Kier alpha value is -4.28. The highest BCUT2D eigenvalue weighted by molar-refractivity contribution is 9.10. The fraction of sp³-hybridized carbons (Fsp3) is 0.349. The van der Waals surface area contributed by atoms with E-state index >= 15 is 0 Å². The Morgan fingerprint density at radius 1 is 0.741 bits per heavy atom. The molecule has 4 aliphatic heterocycles. The monoisotopic (exact) mass is 982 g/mol. The molecule has 0 unspecified atom stereocenters. The summed E-state index contributed by atoms with van der Waals surface area (Å²) in [6.45, 7) is 4.42. The van der Waals surface area contributed by atoms with Crippen LogP contribution in [0.25, 0.3) is 0 Å². The van der Waals surface area contributed by atoms with Crippen LogP contribution in [-0.4, -0.2) is 91.7 Å². The van der Waals surface area contributed by atoms with E-state index in [0.29, 0.717) is 31.9 Å². The lowest BCUT2D eigenvalue weighted by Gasteiger charge is -2.40. The largest absolute Gasteiger partial charge is 0.478 e. The minimum atomic E-state index is -0.966. The van der Waals surface area contributed by atoms with Crippen LogP contribution < -0.4 is 15.1 Å². The summed E-state index contributed by atoms with van der Waals surface area (Å²) in [4.78, 5) is 53.4. The highest BCUT2D eigenvalue weighted by Crippen LogP contribution is 2.39. The molecule has 0 atom stereocenters. The quantitative estimate of drug-likeness (QED) is 0.138. The van der Waals surface area contributed by atoms with E-state index in [2.05, 4.69) is 57.8 Å². The number of hydrogen-bond donors (Lipinski definition) is 2. The number of alkyl halides is 1. The Balaban J connectivity index is 0.000000161. The second-order valence-corrected chi connectivity index (χ2v) is 16.9. The van der Waals surface area contributed by atoms with E-state index in [9.17, 15) is 24.3 Å². The molecule has 0 aromatic heterocycles. The number of esters is 1. The highest BCUT2D eigenvalue weighted by atomic mass is 79.9. The van der Waals surface area contributed by atoms with E-state index in [1.165, 1.54) is 7.11 Å². The molecule has 2 spiro atoms. The van der Waals surface area contributed by atoms with Gasteiger partial charge < -0.3 is 29.5 Å². The number of hydrogen-bond acceptors (Lipinski definition) is 7. The molecule has 4 fully saturated rings. The number of halogens is 3. The Bertz CT molecular complexity index is 2070. The van der Waals surface area contributed by atoms with Crippen molar-refractivity contribution in [2.75, 3.05) is 56.4 Å². The number of rotatable bonds is 7. The number of ether oxygens (including phenoxy) is 3. The number of methoxy groups -OCH3 is 1. The maximum atomic E-state index is 13.4. The number of carbonyl (C=O) groups excluding carboxylic acids is 3. The van der Waals surface area contributed by atoms with Gasteiger partial charge in [0, 0.05) is 58.6 Å². The summed E-state index contributed by atoms with van der Waals surface area (Å²) in [5.74, 6) is -1.26. The first-order chi connectivity index (χ1) is 27.9. The van der Waals surface area contributed by atoms with Gasteiger partial charge >= 0.3 is 24.0 Å². The normalized spacial score (nSPS) is 17.9.